The van der Waals surface area contributed by atoms with Crippen molar-refractivity contribution in [2.24, 2.45) is 0 Å². The van der Waals surface area contributed by atoms with Crippen molar-refractivity contribution >= 4 is 28.2 Å². The van der Waals surface area contributed by atoms with E-state index in [9.17, 15) is 9.59 Å². The Labute approximate surface area is 207 Å². The van der Waals surface area contributed by atoms with Gasteiger partial charge in [0.25, 0.3) is 11.8 Å². The maximum absolute atomic E-state index is 13.5. The number of carbonyl (C=O) groups is 2. The van der Waals surface area contributed by atoms with E-state index in [0.29, 0.717) is 48.3 Å². The fraction of sp³-hybridized carbons (Fsp3) is 0.185. The third-order valence-corrected chi connectivity index (χ3v) is 7.12. The summed E-state index contributed by atoms with van der Waals surface area (Å²) in [6.07, 6.45) is 3.01. The number of rotatable bonds is 5. The molecule has 3 heterocycles. The predicted octanol–water partition coefficient (Wildman–Crippen LogP) is 4.91. The number of nitrogens with zero attached hydrogens (tertiary/aromatic N) is 3. The van der Waals surface area contributed by atoms with Crippen LogP contribution in [0.25, 0.3) is 21.8 Å². The predicted molar refractivity (Wildman–Crippen MR) is 137 cm³/mol. The van der Waals surface area contributed by atoms with Crippen LogP contribution in [0.15, 0.2) is 73.1 Å². The molecule has 1 saturated heterocycles. The number of amides is 2. The van der Waals surface area contributed by atoms with Crippen molar-refractivity contribution in [1.29, 1.82) is 0 Å². The highest BCUT2D eigenvalue weighted by molar-refractivity contribution is 7.20. The third kappa shape index (κ3) is 4.84. The molecule has 1 aliphatic rings. The van der Waals surface area contributed by atoms with Gasteiger partial charge in [-0.1, -0.05) is 60.7 Å². The number of ether oxygens (including phenoxy) is 1. The van der Waals surface area contributed by atoms with E-state index < -0.39 is 0 Å². The average Bonchev–Trinajstić information content (AvgIpc) is 3.25. The molecule has 1 aliphatic heterocycles. The Morgan fingerprint density at radius 3 is 2.14 bits per heavy atom. The van der Waals surface area contributed by atoms with Gasteiger partial charge in [0.2, 0.25) is 0 Å². The Kier molecular flexibility index (Phi) is 6.65. The van der Waals surface area contributed by atoms with Crippen molar-refractivity contribution in [1.82, 2.24) is 14.9 Å². The van der Waals surface area contributed by atoms with Crippen LogP contribution in [0.5, 0.6) is 0 Å². The number of anilines is 1. The van der Waals surface area contributed by atoms with Crippen LogP contribution in [0, 0.1) is 6.92 Å². The van der Waals surface area contributed by atoms with Gasteiger partial charge in [-0.05, 0) is 18.1 Å². The summed E-state index contributed by atoms with van der Waals surface area (Å²) in [6.45, 7) is 3.99. The van der Waals surface area contributed by atoms with Gasteiger partial charge in [-0.15, -0.1) is 11.3 Å². The first-order valence-corrected chi connectivity index (χ1v) is 12.2. The zero-order chi connectivity index (χ0) is 24.2. The number of benzene rings is 2. The summed E-state index contributed by atoms with van der Waals surface area (Å²) in [5, 5.41) is 3.48. The molecule has 2 aromatic carbocycles. The Morgan fingerprint density at radius 1 is 0.914 bits per heavy atom. The molecule has 4 aromatic rings. The van der Waals surface area contributed by atoms with Crippen LogP contribution in [-0.4, -0.2) is 53.0 Å². The fourth-order valence-corrected chi connectivity index (χ4v) is 5.20. The van der Waals surface area contributed by atoms with Gasteiger partial charge in [0.1, 0.15) is 5.00 Å². The van der Waals surface area contributed by atoms with E-state index in [1.54, 1.807) is 4.90 Å². The molecule has 8 heteroatoms. The molecule has 0 radical (unpaired) electrons. The summed E-state index contributed by atoms with van der Waals surface area (Å²) in [7, 11) is 0. The second kappa shape index (κ2) is 10.2. The molecule has 0 unspecified atom stereocenters. The van der Waals surface area contributed by atoms with E-state index in [1.807, 2.05) is 67.6 Å². The lowest BCUT2D eigenvalue weighted by atomic mass is 10.1. The molecule has 0 saturated carbocycles. The normalized spacial score (nSPS) is 13.5. The summed E-state index contributed by atoms with van der Waals surface area (Å²) < 4.78 is 5.41. The lowest BCUT2D eigenvalue weighted by molar-refractivity contribution is 0.0303. The minimum absolute atomic E-state index is 0.102. The van der Waals surface area contributed by atoms with Crippen LogP contribution in [-0.2, 0) is 4.74 Å². The first kappa shape index (κ1) is 22.9. The number of nitrogens with one attached hydrogen (secondary N) is 1. The highest BCUT2D eigenvalue weighted by Crippen LogP contribution is 2.40. The first-order chi connectivity index (χ1) is 17.1. The van der Waals surface area contributed by atoms with Crippen molar-refractivity contribution in [3.8, 4) is 21.8 Å². The second-order valence-electron chi connectivity index (χ2n) is 8.15. The van der Waals surface area contributed by atoms with E-state index in [1.165, 1.54) is 23.7 Å². The van der Waals surface area contributed by atoms with Crippen molar-refractivity contribution in [2.45, 2.75) is 6.92 Å². The molecular weight excluding hydrogens is 460 g/mol. The van der Waals surface area contributed by atoms with Gasteiger partial charge in [-0.3, -0.25) is 9.59 Å². The van der Waals surface area contributed by atoms with Gasteiger partial charge in [0, 0.05) is 35.9 Å². The van der Waals surface area contributed by atoms with Gasteiger partial charge in [0.15, 0.2) is 5.82 Å². The largest absolute Gasteiger partial charge is 0.378 e. The van der Waals surface area contributed by atoms with Crippen molar-refractivity contribution < 1.29 is 14.3 Å². The molecule has 7 nitrogen and oxygen atoms in total. The maximum Gasteiger partial charge on any atom is 0.259 e. The Bertz CT molecular complexity index is 1330. The molecule has 5 rings (SSSR count). The zero-order valence-corrected chi connectivity index (χ0v) is 20.0. The molecular formula is C27H24N4O3S. The number of hydrogen-bond acceptors (Lipinski definition) is 6. The smallest absolute Gasteiger partial charge is 0.259 e. The summed E-state index contributed by atoms with van der Waals surface area (Å²) in [5.74, 6) is 0.0837. The van der Waals surface area contributed by atoms with Gasteiger partial charge < -0.3 is 15.0 Å². The van der Waals surface area contributed by atoms with Gasteiger partial charge >= 0.3 is 0 Å². The standard InChI is InChI=1S/C27H24N4O3S/c1-18-22(27(33)31-12-14-34-15-13-31)26(35-23(18)19-8-4-2-5-9-19)30-25(32)21-16-28-24(29-17-21)20-10-6-3-7-11-20/h2-11,16-17H,12-15H2,1H3,(H,30,32). The third-order valence-electron chi connectivity index (χ3n) is 5.87. The van der Waals surface area contributed by atoms with Crippen molar-refractivity contribution in [3.63, 3.8) is 0 Å². The average molecular weight is 485 g/mol. The maximum atomic E-state index is 13.5. The van der Waals surface area contributed by atoms with Crippen LogP contribution < -0.4 is 5.32 Å². The molecule has 2 amide bonds. The van der Waals surface area contributed by atoms with Crippen LogP contribution in [0.2, 0.25) is 0 Å². The Morgan fingerprint density at radius 2 is 1.51 bits per heavy atom. The molecule has 0 aliphatic carbocycles. The minimum atomic E-state index is -0.360. The first-order valence-electron chi connectivity index (χ1n) is 11.4. The van der Waals surface area contributed by atoms with E-state index in [-0.39, 0.29) is 11.8 Å². The van der Waals surface area contributed by atoms with E-state index in [2.05, 4.69) is 15.3 Å². The molecule has 35 heavy (non-hydrogen) atoms. The van der Waals surface area contributed by atoms with Crippen LogP contribution >= 0.6 is 11.3 Å². The van der Waals surface area contributed by atoms with Crippen molar-refractivity contribution in [3.05, 3.63) is 89.7 Å². The zero-order valence-electron chi connectivity index (χ0n) is 19.2. The second-order valence-corrected chi connectivity index (χ2v) is 9.17. The topological polar surface area (TPSA) is 84.4 Å². The monoisotopic (exact) mass is 484 g/mol. The molecule has 2 aromatic heterocycles. The van der Waals surface area contributed by atoms with Gasteiger partial charge in [-0.25, -0.2) is 9.97 Å². The van der Waals surface area contributed by atoms with Crippen molar-refractivity contribution in [2.75, 3.05) is 31.6 Å². The minimum Gasteiger partial charge on any atom is -0.378 e. The SMILES string of the molecule is Cc1c(-c2ccccc2)sc(NC(=O)c2cnc(-c3ccccc3)nc2)c1C(=O)N1CCOCC1. The summed E-state index contributed by atoms with van der Waals surface area (Å²) >= 11 is 1.40. The fourth-order valence-electron chi connectivity index (χ4n) is 4.01. The Hall–Kier alpha value is -3.88. The number of hydrogen-bond donors (Lipinski definition) is 1. The van der Waals surface area contributed by atoms with E-state index >= 15 is 0 Å². The number of thiophene rings is 1. The quantitative estimate of drug-likeness (QED) is 0.435. The summed E-state index contributed by atoms with van der Waals surface area (Å²) in [6, 6.07) is 19.5. The lowest BCUT2D eigenvalue weighted by Gasteiger charge is -2.27. The van der Waals surface area contributed by atoms with E-state index in [4.69, 9.17) is 4.74 Å². The number of carbonyl (C=O) groups excluding carboxylic acids is 2. The molecule has 1 fully saturated rings. The highest BCUT2D eigenvalue weighted by atomic mass is 32.1. The molecule has 0 spiro atoms. The van der Waals surface area contributed by atoms with Crippen LogP contribution in [0.4, 0.5) is 5.00 Å². The summed E-state index contributed by atoms with van der Waals surface area (Å²) in [4.78, 5) is 38.1. The Balaban J connectivity index is 1.46. The molecule has 1 N–H and O–H groups in total. The van der Waals surface area contributed by atoms with Crippen LogP contribution in [0.1, 0.15) is 26.3 Å². The molecule has 0 atom stereocenters. The van der Waals surface area contributed by atoms with Crippen LogP contribution in [0.3, 0.4) is 0 Å². The number of morpholine rings is 1. The van der Waals surface area contributed by atoms with Gasteiger partial charge in [-0.2, -0.15) is 0 Å². The molecule has 176 valence electrons. The summed E-state index contributed by atoms with van der Waals surface area (Å²) in [5.41, 5.74) is 3.57. The highest BCUT2D eigenvalue weighted by Gasteiger charge is 2.28. The molecule has 0 bridgehead atoms. The van der Waals surface area contributed by atoms with Gasteiger partial charge in [0.05, 0.1) is 24.3 Å². The van der Waals surface area contributed by atoms with E-state index in [0.717, 1.165) is 21.6 Å². The lowest BCUT2D eigenvalue weighted by Crippen LogP contribution is -2.41. The number of aromatic nitrogens is 2.